The first-order valence-corrected chi connectivity index (χ1v) is 9.15. The Morgan fingerprint density at radius 2 is 2.15 bits per heavy atom. The van der Waals surface area contributed by atoms with Gasteiger partial charge in [0, 0.05) is 29.9 Å². The van der Waals surface area contributed by atoms with Crippen molar-refractivity contribution < 1.29 is 9.59 Å². The second-order valence-corrected chi connectivity index (χ2v) is 6.87. The van der Waals surface area contributed by atoms with Crippen LogP contribution in [0.1, 0.15) is 24.4 Å². The van der Waals surface area contributed by atoms with E-state index in [0.717, 1.165) is 10.7 Å². The normalized spacial score (nSPS) is 16.8. The van der Waals surface area contributed by atoms with Gasteiger partial charge in [-0.25, -0.2) is 14.8 Å². The highest BCUT2D eigenvalue weighted by Gasteiger charge is 2.33. The number of imidazole rings is 1. The van der Waals surface area contributed by atoms with Gasteiger partial charge in [0.05, 0.1) is 22.6 Å². The van der Waals surface area contributed by atoms with Crippen LogP contribution >= 0.6 is 11.8 Å². The SMILES string of the molecule is CC1=C(C(=O)NCCSc2ccccn2)C(c2nc[nH]c2C)NC(=O)N1. The minimum absolute atomic E-state index is 0.232. The molecule has 8 nitrogen and oxygen atoms in total. The van der Waals surface area contributed by atoms with E-state index in [1.165, 1.54) is 0 Å². The molecular weight excluding hydrogens is 352 g/mol. The molecule has 3 rings (SSSR count). The molecule has 9 heteroatoms. The van der Waals surface area contributed by atoms with Crippen LogP contribution in [0.2, 0.25) is 0 Å². The molecule has 2 aromatic heterocycles. The summed E-state index contributed by atoms with van der Waals surface area (Å²) in [6, 6.07) is 4.78. The molecule has 0 aliphatic carbocycles. The van der Waals surface area contributed by atoms with Crippen molar-refractivity contribution in [3.05, 3.63) is 53.4 Å². The van der Waals surface area contributed by atoms with E-state index in [4.69, 9.17) is 0 Å². The first kappa shape index (κ1) is 18.0. The minimum atomic E-state index is -0.585. The van der Waals surface area contributed by atoms with Crippen molar-refractivity contribution in [1.82, 2.24) is 30.9 Å². The van der Waals surface area contributed by atoms with Crippen LogP contribution in [0.3, 0.4) is 0 Å². The van der Waals surface area contributed by atoms with Gasteiger partial charge < -0.3 is 20.9 Å². The van der Waals surface area contributed by atoms with Crippen molar-refractivity contribution in [2.75, 3.05) is 12.3 Å². The highest BCUT2D eigenvalue weighted by Crippen LogP contribution is 2.27. The quantitative estimate of drug-likeness (QED) is 0.455. The van der Waals surface area contributed by atoms with E-state index >= 15 is 0 Å². The molecule has 1 unspecified atom stereocenters. The molecule has 0 spiro atoms. The molecule has 26 heavy (non-hydrogen) atoms. The van der Waals surface area contributed by atoms with Crippen LogP contribution < -0.4 is 16.0 Å². The van der Waals surface area contributed by atoms with E-state index in [2.05, 4.69) is 30.9 Å². The lowest BCUT2D eigenvalue weighted by Gasteiger charge is -2.27. The van der Waals surface area contributed by atoms with Crippen LogP contribution in [0.5, 0.6) is 0 Å². The zero-order valence-corrected chi connectivity index (χ0v) is 15.3. The molecule has 0 bridgehead atoms. The summed E-state index contributed by atoms with van der Waals surface area (Å²) in [7, 11) is 0. The zero-order chi connectivity index (χ0) is 18.5. The Balaban J connectivity index is 1.66. The Labute approximate surface area is 155 Å². The highest BCUT2D eigenvalue weighted by atomic mass is 32.2. The van der Waals surface area contributed by atoms with Crippen LogP contribution in [-0.2, 0) is 4.79 Å². The number of allylic oxidation sites excluding steroid dienone is 1. The predicted octanol–water partition coefficient (Wildman–Crippen LogP) is 1.65. The standard InChI is InChI=1S/C17H20N6O2S/c1-10-13(15(23-17(25)22-10)14-11(2)20-9-21-14)16(24)19-7-8-26-12-5-3-4-6-18-12/h3-6,9,15H,7-8H2,1-2H3,(H,19,24)(H,20,21)(H2,22,23,25). The number of carbonyl (C=O) groups is 2. The molecule has 1 aliphatic rings. The molecule has 0 saturated carbocycles. The number of rotatable bonds is 6. The third-order valence-corrected chi connectivity index (χ3v) is 4.88. The fraction of sp³-hybridized carbons (Fsp3) is 0.294. The molecule has 0 fully saturated rings. The summed E-state index contributed by atoms with van der Waals surface area (Å²) < 4.78 is 0. The monoisotopic (exact) mass is 372 g/mol. The van der Waals surface area contributed by atoms with Crippen molar-refractivity contribution in [2.24, 2.45) is 0 Å². The van der Waals surface area contributed by atoms with E-state index in [1.807, 2.05) is 25.1 Å². The maximum Gasteiger partial charge on any atom is 0.319 e. The summed E-state index contributed by atoms with van der Waals surface area (Å²) in [4.78, 5) is 36.0. The summed E-state index contributed by atoms with van der Waals surface area (Å²) >= 11 is 1.57. The maximum atomic E-state index is 12.7. The summed E-state index contributed by atoms with van der Waals surface area (Å²) in [5.41, 5.74) is 2.42. The van der Waals surface area contributed by atoms with E-state index < -0.39 is 6.04 Å². The smallest absolute Gasteiger partial charge is 0.319 e. The van der Waals surface area contributed by atoms with Gasteiger partial charge in [0.1, 0.15) is 6.04 Å². The van der Waals surface area contributed by atoms with Crippen LogP contribution in [0.4, 0.5) is 4.79 Å². The lowest BCUT2D eigenvalue weighted by atomic mass is 9.98. The van der Waals surface area contributed by atoms with E-state index in [9.17, 15) is 9.59 Å². The fourth-order valence-corrected chi connectivity index (χ4v) is 3.43. The Morgan fingerprint density at radius 1 is 1.31 bits per heavy atom. The molecular formula is C17H20N6O2S. The van der Waals surface area contributed by atoms with Gasteiger partial charge in [-0.2, -0.15) is 0 Å². The Kier molecular flexibility index (Phi) is 5.57. The molecule has 0 radical (unpaired) electrons. The van der Waals surface area contributed by atoms with Crippen LogP contribution in [0, 0.1) is 6.92 Å². The summed E-state index contributed by atoms with van der Waals surface area (Å²) in [5, 5.41) is 9.24. The molecule has 3 heterocycles. The van der Waals surface area contributed by atoms with Crippen molar-refractivity contribution >= 4 is 23.7 Å². The summed E-state index contributed by atoms with van der Waals surface area (Å²) in [6.07, 6.45) is 3.29. The average Bonchev–Trinajstić information content (AvgIpc) is 3.04. The zero-order valence-electron chi connectivity index (χ0n) is 14.5. The Bertz CT molecular complexity index is 833. The van der Waals surface area contributed by atoms with Crippen molar-refractivity contribution in [2.45, 2.75) is 24.9 Å². The number of pyridine rings is 1. The number of urea groups is 1. The summed E-state index contributed by atoms with van der Waals surface area (Å²) in [5.74, 6) is 0.463. The number of thioether (sulfide) groups is 1. The topological polar surface area (TPSA) is 112 Å². The first-order valence-electron chi connectivity index (χ1n) is 8.16. The number of carbonyl (C=O) groups excluding carboxylic acids is 2. The van der Waals surface area contributed by atoms with E-state index in [-0.39, 0.29) is 11.9 Å². The molecule has 2 aromatic rings. The molecule has 136 valence electrons. The molecule has 0 aromatic carbocycles. The van der Waals surface area contributed by atoms with Gasteiger partial charge in [-0.05, 0) is 26.0 Å². The number of nitrogens with zero attached hydrogens (tertiary/aromatic N) is 2. The van der Waals surface area contributed by atoms with Crippen LogP contribution in [0.25, 0.3) is 0 Å². The maximum absolute atomic E-state index is 12.7. The number of nitrogens with one attached hydrogen (secondary N) is 4. The van der Waals surface area contributed by atoms with E-state index in [0.29, 0.717) is 29.3 Å². The Morgan fingerprint density at radius 3 is 2.85 bits per heavy atom. The average molecular weight is 372 g/mol. The van der Waals surface area contributed by atoms with Crippen LogP contribution in [0.15, 0.2) is 47.0 Å². The largest absolute Gasteiger partial charge is 0.351 e. The van der Waals surface area contributed by atoms with Gasteiger partial charge in [0.25, 0.3) is 5.91 Å². The van der Waals surface area contributed by atoms with Crippen molar-refractivity contribution in [1.29, 1.82) is 0 Å². The number of amides is 3. The number of H-pyrrole nitrogens is 1. The number of aromatic amines is 1. The first-order chi connectivity index (χ1) is 12.6. The molecule has 3 amide bonds. The van der Waals surface area contributed by atoms with Crippen molar-refractivity contribution in [3.8, 4) is 0 Å². The van der Waals surface area contributed by atoms with Gasteiger partial charge in [0.15, 0.2) is 0 Å². The third-order valence-electron chi connectivity index (χ3n) is 3.93. The fourth-order valence-electron chi connectivity index (χ4n) is 2.71. The number of aromatic nitrogens is 3. The van der Waals surface area contributed by atoms with Gasteiger partial charge in [0.2, 0.25) is 0 Å². The van der Waals surface area contributed by atoms with Gasteiger partial charge in [-0.3, -0.25) is 4.79 Å². The highest BCUT2D eigenvalue weighted by molar-refractivity contribution is 7.99. The minimum Gasteiger partial charge on any atom is -0.351 e. The van der Waals surface area contributed by atoms with Crippen LogP contribution in [-0.4, -0.2) is 39.2 Å². The van der Waals surface area contributed by atoms with Gasteiger partial charge >= 0.3 is 6.03 Å². The van der Waals surface area contributed by atoms with Gasteiger partial charge in [-0.1, -0.05) is 6.07 Å². The lowest BCUT2D eigenvalue weighted by Crippen LogP contribution is -2.47. The number of hydrogen-bond acceptors (Lipinski definition) is 5. The van der Waals surface area contributed by atoms with Gasteiger partial charge in [-0.15, -0.1) is 11.8 Å². The Hall–Kier alpha value is -2.81. The predicted molar refractivity (Wildman–Crippen MR) is 98.4 cm³/mol. The third kappa shape index (κ3) is 4.05. The second-order valence-electron chi connectivity index (χ2n) is 5.76. The second kappa shape index (κ2) is 8.05. The molecule has 1 atom stereocenters. The number of aryl methyl sites for hydroxylation is 1. The molecule has 4 N–H and O–H groups in total. The molecule has 1 aliphatic heterocycles. The summed E-state index contributed by atoms with van der Waals surface area (Å²) in [6.45, 7) is 4.05. The van der Waals surface area contributed by atoms with Crippen molar-refractivity contribution in [3.63, 3.8) is 0 Å². The molecule has 0 saturated heterocycles. The lowest BCUT2D eigenvalue weighted by molar-refractivity contribution is -0.117. The van der Waals surface area contributed by atoms with E-state index in [1.54, 1.807) is 31.2 Å². The number of hydrogen-bond donors (Lipinski definition) is 4.